The molecule has 0 unspecified atom stereocenters. The summed E-state index contributed by atoms with van der Waals surface area (Å²) in [6.07, 6.45) is -0.000495. The molecule has 2 aromatic rings. The van der Waals surface area contributed by atoms with Crippen LogP contribution >= 0.6 is 11.8 Å². The molecule has 1 aliphatic heterocycles. The van der Waals surface area contributed by atoms with Crippen LogP contribution in [0.25, 0.3) is 0 Å². The SMILES string of the molecule is COc1ccc(NC(=O)C[C@H]2SC(=Nc3ccc(C(=O)O)cc3)NC2=O)cc1. The number of carboxylic acid groups (broad SMARTS) is 1. The number of nitrogens with one attached hydrogen (secondary N) is 2. The molecule has 28 heavy (non-hydrogen) atoms. The molecule has 1 aliphatic rings. The maximum Gasteiger partial charge on any atom is 0.335 e. The lowest BCUT2D eigenvalue weighted by Gasteiger charge is -2.08. The average molecular weight is 399 g/mol. The summed E-state index contributed by atoms with van der Waals surface area (Å²) in [5.41, 5.74) is 1.28. The molecule has 0 bridgehead atoms. The van der Waals surface area contributed by atoms with E-state index < -0.39 is 11.2 Å². The van der Waals surface area contributed by atoms with E-state index in [9.17, 15) is 14.4 Å². The van der Waals surface area contributed by atoms with Gasteiger partial charge in [-0.2, -0.15) is 0 Å². The molecule has 0 aromatic heterocycles. The molecule has 3 rings (SSSR count). The highest BCUT2D eigenvalue weighted by Crippen LogP contribution is 2.26. The Hall–Kier alpha value is -3.33. The fourth-order valence-electron chi connectivity index (χ4n) is 2.44. The molecule has 1 heterocycles. The van der Waals surface area contributed by atoms with Crippen LogP contribution in [0.3, 0.4) is 0 Å². The van der Waals surface area contributed by atoms with Crippen LogP contribution < -0.4 is 15.4 Å². The number of carbonyl (C=O) groups excluding carboxylic acids is 2. The fourth-order valence-corrected chi connectivity index (χ4v) is 3.43. The quantitative estimate of drug-likeness (QED) is 0.687. The number of anilines is 1. The van der Waals surface area contributed by atoms with Crippen LogP contribution in [0.15, 0.2) is 53.5 Å². The number of carboxylic acids is 1. The van der Waals surface area contributed by atoms with Crippen LogP contribution in [0.2, 0.25) is 0 Å². The van der Waals surface area contributed by atoms with Crippen LogP contribution in [-0.4, -0.2) is 40.4 Å². The van der Waals surface area contributed by atoms with E-state index in [1.54, 1.807) is 43.5 Å². The Kier molecular flexibility index (Phi) is 5.95. The van der Waals surface area contributed by atoms with Gasteiger partial charge < -0.3 is 20.5 Å². The van der Waals surface area contributed by atoms with Crippen molar-refractivity contribution in [2.75, 3.05) is 12.4 Å². The van der Waals surface area contributed by atoms with Gasteiger partial charge in [0.25, 0.3) is 0 Å². The van der Waals surface area contributed by atoms with Gasteiger partial charge in [-0.1, -0.05) is 11.8 Å². The monoisotopic (exact) mass is 399 g/mol. The van der Waals surface area contributed by atoms with Crippen LogP contribution in [-0.2, 0) is 9.59 Å². The zero-order chi connectivity index (χ0) is 20.1. The lowest BCUT2D eigenvalue weighted by Crippen LogP contribution is -2.28. The standard InChI is InChI=1S/C19H17N3O5S/c1-27-14-8-6-12(7-9-14)20-16(23)10-15-17(24)22-19(28-15)21-13-4-2-11(3-5-13)18(25)26/h2-9,15H,10H2,1H3,(H,20,23)(H,25,26)(H,21,22,24)/t15-/m1/s1. The summed E-state index contributed by atoms with van der Waals surface area (Å²) in [4.78, 5) is 39.5. The van der Waals surface area contributed by atoms with Crippen molar-refractivity contribution in [3.8, 4) is 5.75 Å². The molecule has 1 fully saturated rings. The molecule has 9 heteroatoms. The lowest BCUT2D eigenvalue weighted by molar-refractivity contribution is -0.122. The largest absolute Gasteiger partial charge is 0.497 e. The highest BCUT2D eigenvalue weighted by molar-refractivity contribution is 8.15. The normalized spacial score (nSPS) is 17.2. The summed E-state index contributed by atoms with van der Waals surface area (Å²) >= 11 is 1.16. The van der Waals surface area contributed by atoms with Gasteiger partial charge in [0.15, 0.2) is 5.17 Å². The molecule has 144 valence electrons. The summed E-state index contributed by atoms with van der Waals surface area (Å²) in [5.74, 6) is -0.924. The molecular weight excluding hydrogens is 382 g/mol. The Morgan fingerprint density at radius 3 is 2.46 bits per heavy atom. The number of carbonyl (C=O) groups is 3. The first-order valence-electron chi connectivity index (χ1n) is 8.28. The third kappa shape index (κ3) is 4.89. The lowest BCUT2D eigenvalue weighted by atomic mass is 10.2. The van der Waals surface area contributed by atoms with Crippen LogP contribution in [0.1, 0.15) is 16.8 Å². The highest BCUT2D eigenvalue weighted by atomic mass is 32.2. The van der Waals surface area contributed by atoms with E-state index in [0.717, 1.165) is 11.8 Å². The third-order valence-electron chi connectivity index (χ3n) is 3.87. The summed E-state index contributed by atoms with van der Waals surface area (Å²) in [6, 6.07) is 12.9. The number of nitrogens with zero attached hydrogens (tertiary/aromatic N) is 1. The summed E-state index contributed by atoms with van der Waals surface area (Å²) in [5, 5.41) is 14.1. The maximum atomic E-state index is 12.2. The van der Waals surface area contributed by atoms with E-state index in [1.165, 1.54) is 12.1 Å². The van der Waals surface area contributed by atoms with Gasteiger partial charge in [-0.25, -0.2) is 9.79 Å². The smallest absolute Gasteiger partial charge is 0.335 e. The van der Waals surface area contributed by atoms with Gasteiger partial charge in [0.2, 0.25) is 11.8 Å². The highest BCUT2D eigenvalue weighted by Gasteiger charge is 2.32. The number of methoxy groups -OCH3 is 1. The van der Waals surface area contributed by atoms with Crippen molar-refractivity contribution < 1.29 is 24.2 Å². The number of aromatic carboxylic acids is 1. The zero-order valence-corrected chi connectivity index (χ0v) is 15.7. The van der Waals surface area contributed by atoms with E-state index in [2.05, 4.69) is 15.6 Å². The Labute approximate surface area is 165 Å². The number of hydrogen-bond donors (Lipinski definition) is 3. The predicted molar refractivity (Wildman–Crippen MR) is 106 cm³/mol. The Balaban J connectivity index is 1.58. The number of hydrogen-bond acceptors (Lipinski definition) is 6. The molecule has 0 saturated carbocycles. The first-order chi connectivity index (χ1) is 13.4. The number of thioether (sulfide) groups is 1. The van der Waals surface area contributed by atoms with Crippen LogP contribution in [0, 0.1) is 0 Å². The number of amides is 2. The number of ether oxygens (including phenoxy) is 1. The third-order valence-corrected chi connectivity index (χ3v) is 4.95. The predicted octanol–water partition coefficient (Wildman–Crippen LogP) is 2.64. The van der Waals surface area contributed by atoms with E-state index >= 15 is 0 Å². The second kappa shape index (κ2) is 8.57. The number of aliphatic imine (C=N–C) groups is 1. The first-order valence-corrected chi connectivity index (χ1v) is 9.16. The average Bonchev–Trinajstić information content (AvgIpc) is 3.01. The van der Waals surface area contributed by atoms with Crippen molar-refractivity contribution in [3.05, 3.63) is 54.1 Å². The van der Waals surface area contributed by atoms with Crippen molar-refractivity contribution in [1.29, 1.82) is 0 Å². The van der Waals surface area contributed by atoms with Gasteiger partial charge >= 0.3 is 5.97 Å². The molecular formula is C19H17N3O5S. The molecule has 2 amide bonds. The summed E-state index contributed by atoms with van der Waals surface area (Å²) in [6.45, 7) is 0. The van der Waals surface area contributed by atoms with Gasteiger partial charge in [0.1, 0.15) is 11.0 Å². The van der Waals surface area contributed by atoms with Crippen LogP contribution in [0.5, 0.6) is 5.75 Å². The van der Waals surface area contributed by atoms with Crippen molar-refractivity contribution in [2.45, 2.75) is 11.7 Å². The second-order valence-electron chi connectivity index (χ2n) is 5.85. The minimum absolute atomic E-state index is 0.000495. The topological polar surface area (TPSA) is 117 Å². The first kappa shape index (κ1) is 19.4. The van der Waals surface area contributed by atoms with Crippen molar-refractivity contribution in [3.63, 3.8) is 0 Å². The summed E-state index contributed by atoms with van der Waals surface area (Å²) < 4.78 is 5.06. The van der Waals surface area contributed by atoms with E-state index in [0.29, 0.717) is 22.3 Å². The molecule has 0 radical (unpaired) electrons. The number of amidine groups is 1. The van der Waals surface area contributed by atoms with E-state index in [-0.39, 0.29) is 23.8 Å². The fraction of sp³-hybridized carbons (Fsp3) is 0.158. The van der Waals surface area contributed by atoms with Crippen molar-refractivity contribution in [1.82, 2.24) is 5.32 Å². The molecule has 3 N–H and O–H groups in total. The molecule has 2 aromatic carbocycles. The van der Waals surface area contributed by atoms with E-state index in [4.69, 9.17) is 9.84 Å². The van der Waals surface area contributed by atoms with Gasteiger partial charge in [-0.15, -0.1) is 0 Å². The van der Waals surface area contributed by atoms with Crippen LogP contribution in [0.4, 0.5) is 11.4 Å². The van der Waals surface area contributed by atoms with Crippen molar-refractivity contribution >= 4 is 46.1 Å². The molecule has 8 nitrogen and oxygen atoms in total. The Bertz CT molecular complexity index is 926. The number of benzene rings is 2. The maximum absolute atomic E-state index is 12.2. The van der Waals surface area contributed by atoms with E-state index in [1.807, 2.05) is 0 Å². The Morgan fingerprint density at radius 1 is 1.18 bits per heavy atom. The van der Waals surface area contributed by atoms with Gasteiger partial charge in [0, 0.05) is 12.1 Å². The van der Waals surface area contributed by atoms with Crippen molar-refractivity contribution in [2.24, 2.45) is 4.99 Å². The zero-order valence-electron chi connectivity index (χ0n) is 14.8. The van der Waals surface area contributed by atoms with Gasteiger partial charge in [0.05, 0.1) is 18.4 Å². The van der Waals surface area contributed by atoms with Gasteiger partial charge in [-0.05, 0) is 48.5 Å². The minimum Gasteiger partial charge on any atom is -0.497 e. The molecule has 1 atom stereocenters. The second-order valence-corrected chi connectivity index (χ2v) is 7.04. The van der Waals surface area contributed by atoms with Gasteiger partial charge in [-0.3, -0.25) is 9.59 Å². The summed E-state index contributed by atoms with van der Waals surface area (Å²) in [7, 11) is 1.56. The minimum atomic E-state index is -1.02. The Morgan fingerprint density at radius 2 is 1.86 bits per heavy atom. The molecule has 0 spiro atoms. The molecule has 1 saturated heterocycles. The number of rotatable bonds is 6. The molecule has 0 aliphatic carbocycles.